The summed E-state index contributed by atoms with van der Waals surface area (Å²) in [5.74, 6) is 4.09. The molecule has 30 heavy (non-hydrogen) atoms. The van der Waals surface area contributed by atoms with Crippen molar-refractivity contribution in [1.82, 2.24) is 0 Å². The third kappa shape index (κ3) is 4.34. The van der Waals surface area contributed by atoms with Crippen LogP contribution in [-0.2, 0) is 4.43 Å². The molecule has 1 aliphatic carbocycles. The van der Waals surface area contributed by atoms with Crippen molar-refractivity contribution in [2.24, 2.45) is 11.8 Å². The van der Waals surface area contributed by atoms with Gasteiger partial charge in [-0.25, -0.2) is 0 Å². The van der Waals surface area contributed by atoms with E-state index in [0.29, 0.717) is 35.3 Å². The summed E-state index contributed by atoms with van der Waals surface area (Å²) in [6, 6.07) is 6.40. The van der Waals surface area contributed by atoms with Crippen molar-refractivity contribution >= 4 is 8.32 Å². The van der Waals surface area contributed by atoms with E-state index in [2.05, 4.69) is 85.8 Å². The molecular formula is C26H40O3Si. The summed E-state index contributed by atoms with van der Waals surface area (Å²) in [6.45, 7) is 19.0. The zero-order valence-corrected chi connectivity index (χ0v) is 21.1. The molecule has 0 radical (unpaired) electrons. The van der Waals surface area contributed by atoms with Gasteiger partial charge in [0, 0.05) is 12.3 Å². The SMILES string of the molecule is CC(C)C1C=CCC(O[Si](C(C)C)(C(C)C)C(C)C)=CC1c1ccc2c(c1)OCO2. The Morgan fingerprint density at radius 2 is 1.53 bits per heavy atom. The number of benzene rings is 1. The molecule has 3 rings (SSSR count). The van der Waals surface area contributed by atoms with Crippen molar-refractivity contribution in [2.75, 3.05) is 6.79 Å². The van der Waals surface area contributed by atoms with E-state index >= 15 is 0 Å². The van der Waals surface area contributed by atoms with Crippen molar-refractivity contribution in [3.8, 4) is 11.5 Å². The van der Waals surface area contributed by atoms with Gasteiger partial charge >= 0.3 is 0 Å². The molecule has 1 aromatic rings. The van der Waals surface area contributed by atoms with Crippen LogP contribution in [-0.4, -0.2) is 15.1 Å². The fourth-order valence-corrected chi connectivity index (χ4v) is 10.9. The topological polar surface area (TPSA) is 27.7 Å². The first-order valence-electron chi connectivity index (χ1n) is 11.6. The minimum Gasteiger partial charge on any atom is -0.546 e. The second-order valence-corrected chi connectivity index (χ2v) is 15.5. The average molecular weight is 429 g/mol. The highest BCUT2D eigenvalue weighted by Gasteiger charge is 2.47. The van der Waals surface area contributed by atoms with Crippen LogP contribution in [0.5, 0.6) is 11.5 Å². The Hall–Kier alpha value is -1.68. The molecule has 2 aliphatic rings. The van der Waals surface area contributed by atoms with Crippen molar-refractivity contribution in [1.29, 1.82) is 0 Å². The lowest BCUT2D eigenvalue weighted by atomic mass is 9.79. The van der Waals surface area contributed by atoms with Gasteiger partial charge in [0.05, 0.1) is 5.76 Å². The van der Waals surface area contributed by atoms with E-state index < -0.39 is 8.32 Å². The maximum Gasteiger partial charge on any atom is 0.258 e. The zero-order valence-electron chi connectivity index (χ0n) is 20.1. The third-order valence-corrected chi connectivity index (χ3v) is 13.1. The maximum atomic E-state index is 7.11. The molecular weight excluding hydrogens is 388 g/mol. The second kappa shape index (κ2) is 9.21. The summed E-state index contributed by atoms with van der Waals surface area (Å²) < 4.78 is 18.3. The van der Waals surface area contributed by atoms with Crippen molar-refractivity contribution in [3.63, 3.8) is 0 Å². The smallest absolute Gasteiger partial charge is 0.258 e. The Kier molecular flexibility index (Phi) is 7.06. The molecule has 0 amide bonds. The first-order valence-corrected chi connectivity index (χ1v) is 13.8. The molecule has 2 unspecified atom stereocenters. The summed E-state index contributed by atoms with van der Waals surface area (Å²) in [5.41, 5.74) is 2.97. The highest BCUT2D eigenvalue weighted by atomic mass is 28.4. The Bertz CT molecular complexity index is 770. The molecule has 0 spiro atoms. The summed E-state index contributed by atoms with van der Waals surface area (Å²) in [7, 11) is -1.98. The minimum absolute atomic E-state index is 0.270. The van der Waals surface area contributed by atoms with Crippen LogP contribution in [0.2, 0.25) is 16.6 Å². The van der Waals surface area contributed by atoms with Gasteiger partial charge < -0.3 is 13.9 Å². The molecule has 0 N–H and O–H groups in total. The van der Waals surface area contributed by atoms with Crippen LogP contribution >= 0.6 is 0 Å². The average Bonchev–Trinajstić information content (AvgIpc) is 3.03. The highest BCUT2D eigenvalue weighted by Crippen LogP contribution is 2.46. The van der Waals surface area contributed by atoms with E-state index in [0.717, 1.165) is 23.7 Å². The standard InChI is InChI=1S/C26H40O3Si/c1-17(2)23-11-9-10-22(29-30(18(3)4,19(5)6)20(7)8)15-24(23)21-12-13-25-26(14-21)28-16-27-25/h9,11-15,17-20,23-24H,10,16H2,1-8H3. The molecule has 0 fully saturated rings. The molecule has 1 heterocycles. The van der Waals surface area contributed by atoms with Crippen LogP contribution in [0.25, 0.3) is 0 Å². The van der Waals surface area contributed by atoms with Gasteiger partial charge in [-0.1, -0.05) is 73.6 Å². The van der Waals surface area contributed by atoms with Crippen molar-refractivity contribution in [3.05, 3.63) is 47.7 Å². The lowest BCUT2D eigenvalue weighted by molar-refractivity contribution is 0.174. The van der Waals surface area contributed by atoms with Crippen LogP contribution in [0.15, 0.2) is 42.2 Å². The van der Waals surface area contributed by atoms with E-state index in [1.807, 2.05) is 6.07 Å². The lowest BCUT2D eigenvalue weighted by Gasteiger charge is -2.43. The third-order valence-electron chi connectivity index (χ3n) is 7.02. The Balaban J connectivity index is 2.02. The summed E-state index contributed by atoms with van der Waals surface area (Å²) in [5, 5.41) is 0. The Morgan fingerprint density at radius 1 is 0.900 bits per heavy atom. The Labute approximate surface area is 184 Å². The van der Waals surface area contributed by atoms with Crippen molar-refractivity contribution in [2.45, 2.75) is 84.4 Å². The Morgan fingerprint density at radius 3 is 2.13 bits per heavy atom. The van der Waals surface area contributed by atoms with Gasteiger partial charge in [0.2, 0.25) is 6.79 Å². The largest absolute Gasteiger partial charge is 0.546 e. The fraction of sp³-hybridized carbons (Fsp3) is 0.615. The van der Waals surface area contributed by atoms with Crippen LogP contribution in [0.4, 0.5) is 0 Å². The minimum atomic E-state index is -1.98. The van der Waals surface area contributed by atoms with Crippen LogP contribution in [0, 0.1) is 11.8 Å². The fourth-order valence-electron chi connectivity index (χ4n) is 5.57. The number of rotatable bonds is 7. The van der Waals surface area contributed by atoms with E-state index in [4.69, 9.17) is 13.9 Å². The van der Waals surface area contributed by atoms with Crippen LogP contribution in [0.1, 0.15) is 73.3 Å². The van der Waals surface area contributed by atoms with E-state index in [-0.39, 0.29) is 5.92 Å². The highest BCUT2D eigenvalue weighted by molar-refractivity contribution is 6.77. The van der Waals surface area contributed by atoms with Gasteiger partial charge in [-0.15, -0.1) is 0 Å². The molecule has 0 bridgehead atoms. The first-order chi connectivity index (χ1) is 14.2. The first kappa shape index (κ1) is 23.0. The molecule has 1 aromatic carbocycles. The molecule has 0 saturated carbocycles. The van der Waals surface area contributed by atoms with Crippen molar-refractivity contribution < 1.29 is 13.9 Å². The van der Waals surface area contributed by atoms with E-state index in [1.165, 1.54) is 5.56 Å². The lowest BCUT2D eigenvalue weighted by Crippen LogP contribution is -2.47. The number of ether oxygens (including phenoxy) is 2. The van der Waals surface area contributed by atoms with E-state index in [9.17, 15) is 0 Å². The second-order valence-electron chi connectivity index (χ2n) is 10.1. The summed E-state index contributed by atoms with van der Waals surface area (Å²) in [4.78, 5) is 0. The molecule has 0 aromatic heterocycles. The predicted molar refractivity (Wildman–Crippen MR) is 128 cm³/mol. The van der Waals surface area contributed by atoms with Gasteiger partial charge in [-0.2, -0.15) is 0 Å². The molecule has 1 aliphatic heterocycles. The molecule has 3 nitrogen and oxygen atoms in total. The van der Waals surface area contributed by atoms with Gasteiger partial charge in [-0.05, 0) is 52.2 Å². The molecule has 0 saturated heterocycles. The summed E-state index contributed by atoms with van der Waals surface area (Å²) in [6.07, 6.45) is 8.02. The molecule has 2 atom stereocenters. The molecule has 4 heteroatoms. The predicted octanol–water partition coefficient (Wildman–Crippen LogP) is 7.81. The van der Waals surface area contributed by atoms with E-state index in [1.54, 1.807) is 0 Å². The maximum absolute atomic E-state index is 7.11. The van der Waals surface area contributed by atoms with Crippen LogP contribution < -0.4 is 9.47 Å². The summed E-state index contributed by atoms with van der Waals surface area (Å²) >= 11 is 0. The zero-order chi connectivity index (χ0) is 22.1. The van der Waals surface area contributed by atoms with Crippen LogP contribution in [0.3, 0.4) is 0 Å². The number of fused-ring (bicyclic) bond motifs is 1. The quantitative estimate of drug-likeness (QED) is 0.327. The van der Waals surface area contributed by atoms with Gasteiger partial charge in [0.25, 0.3) is 8.32 Å². The number of hydrogen-bond donors (Lipinski definition) is 0. The monoisotopic (exact) mass is 428 g/mol. The van der Waals surface area contributed by atoms with Gasteiger partial charge in [0.1, 0.15) is 0 Å². The van der Waals surface area contributed by atoms with Gasteiger partial charge in [0.15, 0.2) is 11.5 Å². The molecule has 166 valence electrons. The van der Waals surface area contributed by atoms with Gasteiger partial charge in [-0.3, -0.25) is 0 Å². The normalized spacial score (nSPS) is 21.5. The number of allylic oxidation sites excluding steroid dienone is 3. The number of hydrogen-bond acceptors (Lipinski definition) is 3.